The average molecular weight is 261 g/mol. The van der Waals surface area contributed by atoms with E-state index >= 15 is 0 Å². The van der Waals surface area contributed by atoms with E-state index in [2.05, 4.69) is 9.90 Å². The second kappa shape index (κ2) is 7.08. The van der Waals surface area contributed by atoms with Crippen LogP contribution in [0.5, 0.6) is 5.75 Å². The molecule has 0 bridgehead atoms. The molecule has 0 unspecified atom stereocenters. The van der Waals surface area contributed by atoms with Crippen LogP contribution in [0.3, 0.4) is 0 Å². The SMILES string of the molecule is C=C=N.O=Cc1ccccc1[O][Ti]([OH])([OH])[OH]. The summed E-state index contributed by atoms with van der Waals surface area (Å²) < 4.78 is 30.4. The predicted molar refractivity (Wildman–Crippen MR) is 52.5 cm³/mol. The number of carbonyl (C=O) groups is 1. The third-order valence-electron chi connectivity index (χ3n) is 1.29. The molecular weight excluding hydrogens is 250 g/mol. The van der Waals surface area contributed by atoms with Gasteiger partial charge in [0.1, 0.15) is 0 Å². The topological polar surface area (TPSA) is 111 Å². The molecule has 0 atom stereocenters. The van der Waals surface area contributed by atoms with E-state index in [0.29, 0.717) is 6.29 Å². The second-order valence-electron chi connectivity index (χ2n) is 2.51. The van der Waals surface area contributed by atoms with Crippen LogP contribution in [0.15, 0.2) is 30.8 Å². The summed E-state index contributed by atoms with van der Waals surface area (Å²) in [6.45, 7) is 2.90. The zero-order chi connectivity index (χ0) is 12.6. The molecule has 86 valence electrons. The summed E-state index contributed by atoms with van der Waals surface area (Å²) >= 11 is -5.07. The minimum atomic E-state index is -5.07. The first-order chi connectivity index (χ1) is 7.44. The van der Waals surface area contributed by atoms with Crippen molar-refractivity contribution in [2.75, 3.05) is 0 Å². The van der Waals surface area contributed by atoms with Crippen molar-refractivity contribution in [1.82, 2.24) is 0 Å². The summed E-state index contributed by atoms with van der Waals surface area (Å²) in [6, 6.07) is 5.95. The molecule has 0 spiro atoms. The molecule has 1 aromatic carbocycles. The van der Waals surface area contributed by atoms with Gasteiger partial charge in [0, 0.05) is 0 Å². The Morgan fingerprint density at radius 1 is 1.38 bits per heavy atom. The molecule has 4 N–H and O–H groups in total. The van der Waals surface area contributed by atoms with Crippen LogP contribution in [-0.2, 0) is 18.1 Å². The van der Waals surface area contributed by atoms with E-state index in [9.17, 15) is 4.79 Å². The van der Waals surface area contributed by atoms with Crippen molar-refractivity contribution in [1.29, 1.82) is 5.41 Å². The number of benzene rings is 1. The van der Waals surface area contributed by atoms with Crippen LogP contribution in [0.4, 0.5) is 0 Å². The number of hydrogen-bond donors (Lipinski definition) is 4. The molecule has 0 aliphatic rings. The Bertz CT molecular complexity index is 382. The Morgan fingerprint density at radius 3 is 2.31 bits per heavy atom. The van der Waals surface area contributed by atoms with E-state index in [-0.39, 0.29) is 11.3 Å². The maximum absolute atomic E-state index is 10.4. The van der Waals surface area contributed by atoms with E-state index in [1.165, 1.54) is 12.1 Å². The maximum atomic E-state index is 10.4. The van der Waals surface area contributed by atoms with Crippen LogP contribution in [-0.4, -0.2) is 23.2 Å². The molecule has 0 saturated heterocycles. The van der Waals surface area contributed by atoms with Crippen molar-refractivity contribution in [3.63, 3.8) is 0 Å². The van der Waals surface area contributed by atoms with Gasteiger partial charge in [0.05, 0.1) is 0 Å². The van der Waals surface area contributed by atoms with Gasteiger partial charge in [0.25, 0.3) is 0 Å². The molecule has 0 saturated carbocycles. The number of rotatable bonds is 3. The number of aldehydes is 1. The first-order valence-electron chi connectivity index (χ1n) is 4.03. The first-order valence-corrected chi connectivity index (χ1v) is 6.77. The Morgan fingerprint density at radius 2 is 1.88 bits per heavy atom. The second-order valence-corrected chi connectivity index (χ2v) is 4.62. The van der Waals surface area contributed by atoms with Gasteiger partial charge in [0.15, 0.2) is 0 Å². The number of carbonyl (C=O) groups excluding carboxylic acids is 1. The van der Waals surface area contributed by atoms with Crippen LogP contribution in [0.1, 0.15) is 10.4 Å². The van der Waals surface area contributed by atoms with Crippen LogP contribution in [0.2, 0.25) is 0 Å². The zero-order valence-electron chi connectivity index (χ0n) is 8.25. The van der Waals surface area contributed by atoms with Crippen molar-refractivity contribution in [2.24, 2.45) is 0 Å². The van der Waals surface area contributed by atoms with E-state index in [1.807, 2.05) is 0 Å². The van der Waals surface area contributed by atoms with Crippen molar-refractivity contribution >= 4 is 12.2 Å². The molecule has 0 amide bonds. The van der Waals surface area contributed by atoms with E-state index in [4.69, 9.17) is 16.5 Å². The van der Waals surface area contributed by atoms with E-state index < -0.39 is 18.1 Å². The average Bonchev–Trinajstić information content (AvgIpc) is 2.17. The van der Waals surface area contributed by atoms with Gasteiger partial charge in [-0.25, -0.2) is 0 Å². The fourth-order valence-electron chi connectivity index (χ4n) is 0.818. The zero-order valence-corrected chi connectivity index (χ0v) is 9.81. The molecule has 0 aliphatic carbocycles. The van der Waals surface area contributed by atoms with Crippen molar-refractivity contribution in [2.45, 2.75) is 0 Å². The van der Waals surface area contributed by atoms with Gasteiger partial charge >= 0.3 is 79.2 Å². The van der Waals surface area contributed by atoms with Crippen molar-refractivity contribution in [3.8, 4) is 5.75 Å². The summed E-state index contributed by atoms with van der Waals surface area (Å²) in [5.74, 6) is 1.73. The summed E-state index contributed by atoms with van der Waals surface area (Å²) in [5, 5.41) is 5.85. The van der Waals surface area contributed by atoms with Gasteiger partial charge in [-0.15, -0.1) is 0 Å². The molecule has 0 aliphatic heterocycles. The van der Waals surface area contributed by atoms with Crippen molar-refractivity contribution < 1.29 is 37.3 Å². The fourth-order valence-corrected chi connectivity index (χ4v) is 1.57. The summed E-state index contributed by atoms with van der Waals surface area (Å²) in [5.41, 5.74) is 0.162. The van der Waals surface area contributed by atoms with Gasteiger partial charge in [-0.1, -0.05) is 0 Å². The van der Waals surface area contributed by atoms with Crippen LogP contribution in [0, 0.1) is 5.41 Å². The van der Waals surface area contributed by atoms with Crippen LogP contribution in [0.25, 0.3) is 0 Å². The summed E-state index contributed by atoms with van der Waals surface area (Å²) in [6.07, 6.45) is 0.503. The molecular formula is C9H11NO5Ti. The Labute approximate surface area is 97.2 Å². The van der Waals surface area contributed by atoms with Gasteiger partial charge < -0.3 is 0 Å². The van der Waals surface area contributed by atoms with Crippen LogP contribution < -0.4 is 3.32 Å². The third kappa shape index (κ3) is 6.26. The molecule has 0 heterocycles. The van der Waals surface area contributed by atoms with Gasteiger partial charge in [-0.05, 0) is 12.4 Å². The van der Waals surface area contributed by atoms with Gasteiger partial charge in [-0.2, -0.15) is 0 Å². The molecule has 1 rings (SSSR count). The molecule has 6 nitrogen and oxygen atoms in total. The molecule has 0 aromatic heterocycles. The number of hydrogen-bond acceptors (Lipinski definition) is 6. The van der Waals surface area contributed by atoms with Crippen LogP contribution >= 0.6 is 0 Å². The normalized spacial score (nSPS) is 9.44. The molecule has 16 heavy (non-hydrogen) atoms. The fraction of sp³-hybridized carbons (Fsp3) is 0. The first kappa shape index (κ1) is 14.7. The quantitative estimate of drug-likeness (QED) is 0.350. The minimum absolute atomic E-state index is 0.0231. The van der Waals surface area contributed by atoms with E-state index in [1.54, 1.807) is 18.0 Å². The monoisotopic (exact) mass is 261 g/mol. The molecule has 0 fully saturated rings. The Kier molecular flexibility index (Phi) is 6.52. The predicted octanol–water partition coefficient (Wildman–Crippen LogP) is 0.0896. The van der Waals surface area contributed by atoms with Crippen molar-refractivity contribution in [3.05, 3.63) is 36.4 Å². The number of para-hydroxylation sites is 1. The van der Waals surface area contributed by atoms with Gasteiger partial charge in [-0.3, -0.25) is 5.41 Å². The number of nitrogens with one attached hydrogen (secondary N) is 1. The Balaban J connectivity index is 0.000000673. The Hall–Kier alpha value is -1.27. The molecule has 0 radical (unpaired) electrons. The standard InChI is InChI=1S/C7H6O2.C2H3N.3H2O.Ti/c8-5-6-3-1-2-4-7(6)9;1-2-3;;;;/h1-5,9H;3H,1H2;3*1H2;/q;;;;;+4/p-4. The summed E-state index contributed by atoms with van der Waals surface area (Å²) in [4.78, 5) is 10.4. The molecule has 1 aromatic rings. The third-order valence-corrected chi connectivity index (χ3v) is 2.06. The van der Waals surface area contributed by atoms with E-state index in [0.717, 1.165) is 0 Å². The van der Waals surface area contributed by atoms with Gasteiger partial charge in [0.2, 0.25) is 0 Å². The summed E-state index contributed by atoms with van der Waals surface area (Å²) in [7, 11) is 0. The molecule has 7 heteroatoms.